The monoisotopic (exact) mass is 250 g/mol. The van der Waals surface area contributed by atoms with Crippen LogP contribution in [0.5, 0.6) is 0 Å². The topological polar surface area (TPSA) is 52.6 Å². The summed E-state index contributed by atoms with van der Waals surface area (Å²) in [4.78, 5) is 21.1. The predicted molar refractivity (Wildman–Crippen MR) is 50.2 cm³/mol. The first-order chi connectivity index (χ1) is 5.97. The lowest BCUT2D eigenvalue weighted by Crippen LogP contribution is -2.24. The van der Waals surface area contributed by atoms with Crippen LogP contribution in [0.25, 0.3) is 0 Å². The fourth-order valence-electron chi connectivity index (χ4n) is 0.493. The standard InChI is InChI=1S/C8H11BrO4/c1-4-7(10)12-6(3)13-8(11)5(2)9/h4-6H,1H2,2-3H3. The summed E-state index contributed by atoms with van der Waals surface area (Å²) in [7, 11) is 0. The molecule has 0 aromatic rings. The maximum Gasteiger partial charge on any atom is 0.333 e. The highest BCUT2D eigenvalue weighted by atomic mass is 79.9. The van der Waals surface area contributed by atoms with Gasteiger partial charge in [-0.25, -0.2) is 4.79 Å². The highest BCUT2D eigenvalue weighted by molar-refractivity contribution is 9.10. The third-order valence-electron chi connectivity index (χ3n) is 1.06. The van der Waals surface area contributed by atoms with Gasteiger partial charge in [0.15, 0.2) is 0 Å². The van der Waals surface area contributed by atoms with Crippen molar-refractivity contribution in [1.82, 2.24) is 0 Å². The van der Waals surface area contributed by atoms with Crippen LogP contribution in [0.3, 0.4) is 0 Å². The molecule has 0 N–H and O–H groups in total. The summed E-state index contributed by atoms with van der Waals surface area (Å²) < 4.78 is 9.31. The molecule has 2 atom stereocenters. The molecule has 0 aromatic carbocycles. The van der Waals surface area contributed by atoms with Crippen molar-refractivity contribution >= 4 is 27.9 Å². The molecule has 0 heterocycles. The van der Waals surface area contributed by atoms with E-state index in [9.17, 15) is 9.59 Å². The molecular weight excluding hydrogens is 240 g/mol. The lowest BCUT2D eigenvalue weighted by molar-refractivity contribution is -0.180. The third kappa shape index (κ3) is 5.41. The second-order valence-electron chi connectivity index (χ2n) is 2.26. The van der Waals surface area contributed by atoms with Crippen LogP contribution in [0.15, 0.2) is 12.7 Å². The minimum absolute atomic E-state index is 0.419. The van der Waals surface area contributed by atoms with Crippen molar-refractivity contribution in [3.8, 4) is 0 Å². The summed E-state index contributed by atoms with van der Waals surface area (Å²) in [6.45, 7) is 6.27. The number of hydrogen-bond donors (Lipinski definition) is 0. The van der Waals surface area contributed by atoms with E-state index in [-0.39, 0.29) is 0 Å². The van der Waals surface area contributed by atoms with E-state index in [0.29, 0.717) is 0 Å². The van der Waals surface area contributed by atoms with Gasteiger partial charge >= 0.3 is 11.9 Å². The number of esters is 2. The number of ether oxygens (including phenoxy) is 2. The first kappa shape index (κ1) is 12.2. The van der Waals surface area contributed by atoms with E-state index in [4.69, 9.17) is 4.74 Å². The molecule has 0 saturated carbocycles. The van der Waals surface area contributed by atoms with E-state index in [2.05, 4.69) is 27.2 Å². The second kappa shape index (κ2) is 5.75. The molecule has 0 amide bonds. The van der Waals surface area contributed by atoms with Crippen molar-refractivity contribution in [3.63, 3.8) is 0 Å². The minimum Gasteiger partial charge on any atom is -0.425 e. The Morgan fingerprint density at radius 2 is 1.92 bits per heavy atom. The minimum atomic E-state index is -0.891. The van der Waals surface area contributed by atoms with E-state index in [0.717, 1.165) is 6.08 Å². The van der Waals surface area contributed by atoms with Crippen molar-refractivity contribution < 1.29 is 19.1 Å². The van der Waals surface area contributed by atoms with Crippen LogP contribution in [0.1, 0.15) is 13.8 Å². The second-order valence-corrected chi connectivity index (χ2v) is 3.64. The van der Waals surface area contributed by atoms with Gasteiger partial charge in [-0.2, -0.15) is 0 Å². The normalized spacial score (nSPS) is 14.1. The predicted octanol–water partition coefficient (Wildman–Crippen LogP) is 1.39. The van der Waals surface area contributed by atoms with Gasteiger partial charge in [0.1, 0.15) is 4.83 Å². The molecule has 74 valence electrons. The number of alkyl halides is 1. The quantitative estimate of drug-likeness (QED) is 0.328. The fourth-order valence-corrected chi connectivity index (χ4v) is 0.601. The van der Waals surface area contributed by atoms with Crippen LogP contribution < -0.4 is 0 Å². The highest BCUT2D eigenvalue weighted by Gasteiger charge is 2.15. The number of carbonyl (C=O) groups excluding carboxylic acids is 2. The van der Waals surface area contributed by atoms with Gasteiger partial charge in [0.25, 0.3) is 0 Å². The van der Waals surface area contributed by atoms with Crippen LogP contribution in [-0.2, 0) is 19.1 Å². The summed E-state index contributed by atoms with van der Waals surface area (Å²) in [5, 5.41) is 0. The maximum absolute atomic E-state index is 10.9. The van der Waals surface area contributed by atoms with Gasteiger partial charge in [0.05, 0.1) is 0 Å². The summed E-state index contributed by atoms with van der Waals surface area (Å²) in [5.41, 5.74) is 0. The average molecular weight is 251 g/mol. The summed E-state index contributed by atoms with van der Waals surface area (Å²) >= 11 is 3.02. The van der Waals surface area contributed by atoms with Crippen LogP contribution in [0.2, 0.25) is 0 Å². The number of rotatable bonds is 4. The largest absolute Gasteiger partial charge is 0.425 e. The van der Waals surface area contributed by atoms with Crippen molar-refractivity contribution in [3.05, 3.63) is 12.7 Å². The Labute approximate surface area is 85.0 Å². The van der Waals surface area contributed by atoms with E-state index >= 15 is 0 Å². The number of carbonyl (C=O) groups is 2. The van der Waals surface area contributed by atoms with Gasteiger partial charge in [0, 0.05) is 13.0 Å². The molecule has 5 heteroatoms. The molecule has 0 rings (SSSR count). The van der Waals surface area contributed by atoms with Gasteiger partial charge < -0.3 is 9.47 Å². The molecular formula is C8H11BrO4. The SMILES string of the molecule is C=CC(=O)OC(C)OC(=O)C(C)Br. The summed E-state index contributed by atoms with van der Waals surface area (Å²) in [6.07, 6.45) is 0.111. The van der Waals surface area contributed by atoms with Gasteiger partial charge in [-0.05, 0) is 6.92 Å². The lowest BCUT2D eigenvalue weighted by atomic mass is 10.5. The molecule has 0 aromatic heterocycles. The Kier molecular flexibility index (Phi) is 5.37. The number of halogens is 1. The lowest BCUT2D eigenvalue weighted by Gasteiger charge is -2.13. The van der Waals surface area contributed by atoms with Crippen molar-refractivity contribution in [2.24, 2.45) is 0 Å². The molecule has 0 spiro atoms. The van der Waals surface area contributed by atoms with E-state index in [1.54, 1.807) is 6.92 Å². The Morgan fingerprint density at radius 1 is 1.38 bits per heavy atom. The van der Waals surface area contributed by atoms with Gasteiger partial charge in [-0.1, -0.05) is 22.5 Å². The van der Waals surface area contributed by atoms with E-state index in [1.807, 2.05) is 0 Å². The van der Waals surface area contributed by atoms with E-state index in [1.165, 1.54) is 6.92 Å². The van der Waals surface area contributed by atoms with Crippen LogP contribution >= 0.6 is 15.9 Å². The summed E-state index contributed by atoms with van der Waals surface area (Å²) in [5.74, 6) is -1.10. The fraction of sp³-hybridized carbons (Fsp3) is 0.500. The maximum atomic E-state index is 10.9. The molecule has 0 saturated heterocycles. The Bertz CT molecular complexity index is 212. The van der Waals surface area contributed by atoms with E-state index < -0.39 is 23.1 Å². The molecule has 0 aliphatic heterocycles. The summed E-state index contributed by atoms with van der Waals surface area (Å²) in [6, 6.07) is 0. The Hall–Kier alpha value is -0.840. The molecule has 0 bridgehead atoms. The zero-order valence-corrected chi connectivity index (χ0v) is 9.04. The van der Waals surface area contributed by atoms with Gasteiger partial charge in [-0.15, -0.1) is 0 Å². The average Bonchev–Trinajstić information content (AvgIpc) is 2.03. The molecule has 4 nitrogen and oxygen atoms in total. The van der Waals surface area contributed by atoms with Crippen molar-refractivity contribution in [1.29, 1.82) is 0 Å². The first-order valence-electron chi connectivity index (χ1n) is 3.65. The molecule has 0 aliphatic rings. The first-order valence-corrected chi connectivity index (χ1v) is 4.56. The zero-order chi connectivity index (χ0) is 10.4. The van der Waals surface area contributed by atoms with Crippen molar-refractivity contribution in [2.45, 2.75) is 25.0 Å². The van der Waals surface area contributed by atoms with Gasteiger partial charge in [0.2, 0.25) is 6.29 Å². The molecule has 0 fully saturated rings. The molecule has 2 unspecified atom stereocenters. The van der Waals surface area contributed by atoms with Gasteiger partial charge in [-0.3, -0.25) is 4.79 Å². The third-order valence-corrected chi connectivity index (χ3v) is 1.43. The van der Waals surface area contributed by atoms with Crippen molar-refractivity contribution in [2.75, 3.05) is 0 Å². The van der Waals surface area contributed by atoms with Crippen LogP contribution in [0, 0.1) is 0 Å². The zero-order valence-electron chi connectivity index (χ0n) is 7.45. The van der Waals surface area contributed by atoms with Crippen LogP contribution in [0.4, 0.5) is 0 Å². The van der Waals surface area contributed by atoms with Crippen LogP contribution in [-0.4, -0.2) is 23.1 Å². The Balaban J connectivity index is 3.87. The number of hydrogen-bond acceptors (Lipinski definition) is 4. The smallest absolute Gasteiger partial charge is 0.333 e. The molecule has 13 heavy (non-hydrogen) atoms. The highest BCUT2D eigenvalue weighted by Crippen LogP contribution is 2.04. The Morgan fingerprint density at radius 3 is 2.31 bits per heavy atom. The molecule has 0 radical (unpaired) electrons. The molecule has 0 aliphatic carbocycles.